The Morgan fingerprint density at radius 3 is 2.90 bits per heavy atom. The fraction of sp³-hybridized carbons (Fsp3) is 0.333. The van der Waals surface area contributed by atoms with Crippen LogP contribution in [0.25, 0.3) is 0 Å². The molecule has 2 amide bonds. The molecule has 2 aromatic rings. The van der Waals surface area contributed by atoms with Gasteiger partial charge in [-0.2, -0.15) is 0 Å². The lowest BCUT2D eigenvalue weighted by atomic mass is 10.3. The maximum atomic E-state index is 11.7. The fourth-order valence-corrected chi connectivity index (χ4v) is 2.38. The van der Waals surface area contributed by atoms with Crippen molar-refractivity contribution in [1.29, 1.82) is 0 Å². The van der Waals surface area contributed by atoms with Crippen LogP contribution in [0.15, 0.2) is 41.9 Å². The number of thiazole rings is 1. The van der Waals surface area contributed by atoms with Crippen molar-refractivity contribution in [3.05, 3.63) is 46.9 Å². The van der Waals surface area contributed by atoms with Crippen LogP contribution in [0.4, 0.5) is 4.79 Å². The van der Waals surface area contributed by atoms with Crippen LogP contribution in [0.3, 0.4) is 0 Å². The molecule has 112 valence electrons. The highest BCUT2D eigenvalue weighted by atomic mass is 32.1. The Kier molecular flexibility index (Phi) is 6.02. The van der Waals surface area contributed by atoms with Gasteiger partial charge in [0.2, 0.25) is 0 Å². The number of carbonyl (C=O) groups is 1. The van der Waals surface area contributed by atoms with Crippen LogP contribution in [0.2, 0.25) is 0 Å². The minimum atomic E-state index is -0.183. The highest BCUT2D eigenvalue weighted by Crippen LogP contribution is 2.14. The predicted octanol–water partition coefficient (Wildman–Crippen LogP) is 2.97. The summed E-state index contributed by atoms with van der Waals surface area (Å²) in [7, 11) is 0. The quantitative estimate of drug-likeness (QED) is 0.773. The first kappa shape index (κ1) is 15.3. The molecule has 0 radical (unpaired) electrons. The minimum Gasteiger partial charge on any atom is -0.494 e. The molecule has 6 heteroatoms. The molecule has 1 atom stereocenters. The Morgan fingerprint density at radius 1 is 1.38 bits per heavy atom. The number of urea groups is 1. The topological polar surface area (TPSA) is 63.2 Å². The number of ether oxygens (including phenoxy) is 1. The van der Waals surface area contributed by atoms with Gasteiger partial charge in [0.1, 0.15) is 10.8 Å². The zero-order valence-electron chi connectivity index (χ0n) is 11.9. The van der Waals surface area contributed by atoms with Gasteiger partial charge in [-0.25, -0.2) is 9.78 Å². The SMILES string of the molecule is C[C@@H](NC(=O)NCCCOc1ccccc1)c1nccs1. The first-order chi connectivity index (χ1) is 10.3. The highest BCUT2D eigenvalue weighted by Gasteiger charge is 2.10. The molecule has 2 N–H and O–H groups in total. The molecule has 5 nitrogen and oxygen atoms in total. The molecule has 0 saturated heterocycles. The second-order valence-corrected chi connectivity index (χ2v) is 5.43. The van der Waals surface area contributed by atoms with Gasteiger partial charge in [-0.15, -0.1) is 11.3 Å². The van der Waals surface area contributed by atoms with Crippen molar-refractivity contribution >= 4 is 17.4 Å². The molecule has 0 aliphatic rings. The molecule has 21 heavy (non-hydrogen) atoms. The minimum absolute atomic E-state index is 0.0782. The van der Waals surface area contributed by atoms with Crippen LogP contribution in [-0.2, 0) is 0 Å². The Labute approximate surface area is 128 Å². The molecule has 0 bridgehead atoms. The monoisotopic (exact) mass is 305 g/mol. The van der Waals surface area contributed by atoms with Crippen molar-refractivity contribution in [1.82, 2.24) is 15.6 Å². The molecule has 1 heterocycles. The van der Waals surface area contributed by atoms with Crippen molar-refractivity contribution < 1.29 is 9.53 Å². The van der Waals surface area contributed by atoms with Crippen molar-refractivity contribution in [2.24, 2.45) is 0 Å². The van der Waals surface area contributed by atoms with E-state index >= 15 is 0 Å². The first-order valence-electron chi connectivity index (χ1n) is 6.87. The number of para-hydroxylation sites is 1. The Bertz CT molecular complexity index is 531. The van der Waals surface area contributed by atoms with Crippen molar-refractivity contribution in [3.63, 3.8) is 0 Å². The molecule has 0 unspecified atom stereocenters. The smallest absolute Gasteiger partial charge is 0.315 e. The van der Waals surface area contributed by atoms with Crippen LogP contribution in [0.5, 0.6) is 5.75 Å². The summed E-state index contributed by atoms with van der Waals surface area (Å²) in [6.45, 7) is 3.06. The average molecular weight is 305 g/mol. The summed E-state index contributed by atoms with van der Waals surface area (Å²) in [6.07, 6.45) is 2.49. The normalized spacial score (nSPS) is 11.7. The second kappa shape index (κ2) is 8.26. The van der Waals surface area contributed by atoms with E-state index in [0.717, 1.165) is 17.2 Å². The number of hydrogen-bond donors (Lipinski definition) is 2. The third-order valence-corrected chi connectivity index (χ3v) is 3.75. The molecular formula is C15H19N3O2S. The lowest BCUT2D eigenvalue weighted by Crippen LogP contribution is -2.37. The fourth-order valence-electron chi connectivity index (χ4n) is 1.74. The zero-order chi connectivity index (χ0) is 14.9. The molecule has 0 saturated carbocycles. The standard InChI is InChI=1S/C15H19N3O2S/c1-12(14-16-9-11-21-14)18-15(19)17-8-5-10-20-13-6-3-2-4-7-13/h2-4,6-7,9,11-12H,5,8,10H2,1H3,(H2,17,18,19)/t12-/m1/s1. The maximum Gasteiger partial charge on any atom is 0.315 e. The summed E-state index contributed by atoms with van der Waals surface area (Å²) in [6, 6.07) is 9.37. The van der Waals surface area contributed by atoms with Crippen molar-refractivity contribution in [2.75, 3.05) is 13.2 Å². The second-order valence-electron chi connectivity index (χ2n) is 4.51. The van der Waals surface area contributed by atoms with E-state index in [9.17, 15) is 4.79 Å². The van der Waals surface area contributed by atoms with Gasteiger partial charge in [-0.1, -0.05) is 18.2 Å². The summed E-state index contributed by atoms with van der Waals surface area (Å²) < 4.78 is 5.55. The third-order valence-electron chi connectivity index (χ3n) is 2.79. The number of benzene rings is 1. The van der Waals surface area contributed by atoms with E-state index in [2.05, 4.69) is 15.6 Å². The number of rotatable bonds is 7. The van der Waals surface area contributed by atoms with Crippen LogP contribution in [0, 0.1) is 0 Å². The van der Waals surface area contributed by atoms with E-state index in [0.29, 0.717) is 13.2 Å². The predicted molar refractivity (Wildman–Crippen MR) is 83.6 cm³/mol. The summed E-state index contributed by atoms with van der Waals surface area (Å²) in [5, 5.41) is 8.45. The first-order valence-corrected chi connectivity index (χ1v) is 7.75. The summed E-state index contributed by atoms with van der Waals surface area (Å²) in [5.74, 6) is 0.847. The largest absolute Gasteiger partial charge is 0.494 e. The summed E-state index contributed by atoms with van der Waals surface area (Å²) in [5.41, 5.74) is 0. The Hall–Kier alpha value is -2.08. The van der Waals surface area contributed by atoms with Crippen LogP contribution in [0.1, 0.15) is 24.4 Å². The third kappa shape index (κ3) is 5.43. The lowest BCUT2D eigenvalue weighted by Gasteiger charge is -2.12. The Balaban J connectivity index is 1.57. The number of carbonyl (C=O) groups excluding carboxylic acids is 1. The van der Waals surface area contributed by atoms with E-state index in [-0.39, 0.29) is 12.1 Å². The molecule has 0 aliphatic heterocycles. The maximum absolute atomic E-state index is 11.7. The van der Waals surface area contributed by atoms with E-state index in [1.54, 1.807) is 6.20 Å². The number of nitrogens with one attached hydrogen (secondary N) is 2. The molecule has 0 fully saturated rings. The summed E-state index contributed by atoms with van der Waals surface area (Å²) >= 11 is 1.53. The molecule has 0 aliphatic carbocycles. The van der Waals surface area contributed by atoms with Gasteiger partial charge in [0.15, 0.2) is 0 Å². The van der Waals surface area contributed by atoms with Gasteiger partial charge < -0.3 is 15.4 Å². The van der Waals surface area contributed by atoms with Gasteiger partial charge in [0, 0.05) is 18.1 Å². The summed E-state index contributed by atoms with van der Waals surface area (Å²) in [4.78, 5) is 15.9. The van der Waals surface area contributed by atoms with E-state index in [1.165, 1.54) is 11.3 Å². The molecule has 1 aromatic heterocycles. The molecule has 0 spiro atoms. The van der Waals surface area contributed by atoms with E-state index < -0.39 is 0 Å². The van der Waals surface area contributed by atoms with Crippen molar-refractivity contribution in [3.8, 4) is 5.75 Å². The lowest BCUT2D eigenvalue weighted by molar-refractivity contribution is 0.236. The Morgan fingerprint density at radius 2 is 2.19 bits per heavy atom. The van der Waals surface area contributed by atoms with Gasteiger partial charge in [0.25, 0.3) is 0 Å². The number of aromatic nitrogens is 1. The van der Waals surface area contributed by atoms with Crippen molar-refractivity contribution in [2.45, 2.75) is 19.4 Å². The van der Waals surface area contributed by atoms with Crippen LogP contribution in [-0.4, -0.2) is 24.2 Å². The van der Waals surface area contributed by atoms with Gasteiger partial charge in [0.05, 0.1) is 12.6 Å². The highest BCUT2D eigenvalue weighted by molar-refractivity contribution is 7.09. The molecular weight excluding hydrogens is 286 g/mol. The van der Waals surface area contributed by atoms with Gasteiger partial charge in [-0.05, 0) is 25.5 Å². The average Bonchev–Trinajstić information content (AvgIpc) is 3.02. The van der Waals surface area contributed by atoms with Crippen LogP contribution >= 0.6 is 11.3 Å². The zero-order valence-corrected chi connectivity index (χ0v) is 12.7. The number of hydrogen-bond acceptors (Lipinski definition) is 4. The number of amides is 2. The number of nitrogens with zero attached hydrogens (tertiary/aromatic N) is 1. The van der Waals surface area contributed by atoms with Gasteiger partial charge >= 0.3 is 6.03 Å². The molecule has 1 aromatic carbocycles. The van der Waals surface area contributed by atoms with E-state index in [4.69, 9.17) is 4.74 Å². The van der Waals surface area contributed by atoms with E-state index in [1.807, 2.05) is 42.6 Å². The van der Waals surface area contributed by atoms with Crippen LogP contribution < -0.4 is 15.4 Å². The van der Waals surface area contributed by atoms with Gasteiger partial charge in [-0.3, -0.25) is 0 Å². The molecule has 2 rings (SSSR count).